The number of ether oxygens (including phenoxy) is 1. The maximum Gasteiger partial charge on any atom is 0.226 e. The first-order valence-corrected chi connectivity index (χ1v) is 8.61. The zero-order valence-corrected chi connectivity index (χ0v) is 17.4. The largest absolute Gasteiger partial charge is 0.400 e. The van der Waals surface area contributed by atoms with Gasteiger partial charge in [0, 0.05) is 33.4 Å². The van der Waals surface area contributed by atoms with Crippen LogP contribution in [0.2, 0.25) is 0 Å². The molecule has 7 nitrogen and oxygen atoms in total. The molecule has 0 saturated carbocycles. The fourth-order valence-corrected chi connectivity index (χ4v) is 1.57. The number of aliphatic hydroxyl groups is 1. The highest BCUT2D eigenvalue weighted by molar-refractivity contribution is 5.22. The van der Waals surface area contributed by atoms with Crippen LogP contribution in [0.25, 0.3) is 0 Å². The molecule has 146 valence electrons. The first-order chi connectivity index (χ1) is 11.9. The van der Waals surface area contributed by atoms with Gasteiger partial charge < -0.3 is 14.4 Å². The number of nitrogens with zero attached hydrogens (tertiary/aromatic N) is 4. The quantitative estimate of drug-likeness (QED) is 0.902. The van der Waals surface area contributed by atoms with Crippen molar-refractivity contribution in [3.63, 3.8) is 0 Å². The molecule has 2 aromatic heterocycles. The molecule has 0 aromatic carbocycles. The van der Waals surface area contributed by atoms with E-state index in [1.54, 1.807) is 14.2 Å². The average molecular weight is 357 g/mol. The summed E-state index contributed by atoms with van der Waals surface area (Å²) in [5, 5.41) is 15.4. The molecule has 0 saturated heterocycles. The third kappa shape index (κ3) is 9.99. The van der Waals surface area contributed by atoms with Crippen molar-refractivity contribution in [2.75, 3.05) is 21.3 Å². The predicted octanol–water partition coefficient (Wildman–Crippen LogP) is 3.48. The van der Waals surface area contributed by atoms with Gasteiger partial charge in [-0.05, 0) is 26.3 Å². The van der Waals surface area contributed by atoms with Gasteiger partial charge in [-0.3, -0.25) is 4.68 Å². The molecule has 0 aliphatic carbocycles. The second-order valence-corrected chi connectivity index (χ2v) is 5.32. The minimum atomic E-state index is 0.573. The predicted molar refractivity (Wildman–Crippen MR) is 101 cm³/mol. The Bertz CT molecular complexity index is 549. The Hall–Kier alpha value is -1.73. The van der Waals surface area contributed by atoms with E-state index >= 15 is 0 Å². The maximum absolute atomic E-state index is 7.00. The van der Waals surface area contributed by atoms with Crippen molar-refractivity contribution in [3.05, 3.63) is 28.7 Å². The Morgan fingerprint density at radius 1 is 1.04 bits per heavy atom. The van der Waals surface area contributed by atoms with Crippen LogP contribution in [-0.4, -0.2) is 46.4 Å². The van der Waals surface area contributed by atoms with Gasteiger partial charge in [0.1, 0.15) is 6.54 Å². The fraction of sp³-hybridized carbons (Fsp3) is 0.722. The number of rotatable bonds is 4. The minimum absolute atomic E-state index is 0.573. The summed E-state index contributed by atoms with van der Waals surface area (Å²) in [5.74, 6) is 1.36. The van der Waals surface area contributed by atoms with Crippen LogP contribution in [0.4, 0.5) is 0 Å². The van der Waals surface area contributed by atoms with Gasteiger partial charge in [0.2, 0.25) is 5.89 Å². The van der Waals surface area contributed by atoms with Crippen molar-refractivity contribution in [1.29, 1.82) is 0 Å². The smallest absolute Gasteiger partial charge is 0.226 e. The molecule has 0 amide bonds. The highest BCUT2D eigenvalue weighted by Crippen LogP contribution is 2.12. The summed E-state index contributed by atoms with van der Waals surface area (Å²) in [6.07, 6.45) is 3.41. The Labute approximate surface area is 152 Å². The first kappa shape index (κ1) is 25.5. The van der Waals surface area contributed by atoms with Crippen LogP contribution in [0.15, 0.2) is 4.52 Å². The molecule has 1 N–H and O–H groups in total. The van der Waals surface area contributed by atoms with E-state index in [4.69, 9.17) is 9.63 Å². The molecule has 2 aromatic rings. The first-order valence-electron chi connectivity index (χ1n) is 8.61. The molecule has 0 aliphatic rings. The highest BCUT2D eigenvalue weighted by atomic mass is 16.5. The SMILES string of the molecule is CCCC.CCc1nc(Cn2nc(C)c(C)c2C)no1.CO.COC. The molecule has 0 fully saturated rings. The summed E-state index contributed by atoms with van der Waals surface area (Å²) in [7, 11) is 4.25. The summed E-state index contributed by atoms with van der Waals surface area (Å²) >= 11 is 0. The molecular weight excluding hydrogens is 320 g/mol. The van der Waals surface area contributed by atoms with Gasteiger partial charge in [-0.1, -0.05) is 38.8 Å². The second kappa shape index (κ2) is 15.8. The van der Waals surface area contributed by atoms with Crippen molar-refractivity contribution in [2.45, 2.75) is 67.3 Å². The van der Waals surface area contributed by atoms with Crippen LogP contribution >= 0.6 is 0 Å². The Morgan fingerprint density at radius 3 is 1.88 bits per heavy atom. The Kier molecular flexibility index (Phi) is 16.1. The molecule has 0 spiro atoms. The topological polar surface area (TPSA) is 86.2 Å². The minimum Gasteiger partial charge on any atom is -0.400 e. The number of aliphatic hydroxyl groups excluding tert-OH is 1. The molecule has 0 aliphatic heterocycles. The number of hydrogen-bond acceptors (Lipinski definition) is 6. The maximum atomic E-state index is 7.00. The zero-order chi connectivity index (χ0) is 19.8. The van der Waals surface area contributed by atoms with Gasteiger partial charge in [-0.2, -0.15) is 10.1 Å². The number of methoxy groups -OCH3 is 1. The van der Waals surface area contributed by atoms with Crippen LogP contribution in [0.1, 0.15) is 62.3 Å². The lowest BCUT2D eigenvalue weighted by Crippen LogP contribution is -2.05. The Balaban J connectivity index is 0. The summed E-state index contributed by atoms with van der Waals surface area (Å²) < 4.78 is 11.2. The average Bonchev–Trinajstić information content (AvgIpc) is 3.18. The summed E-state index contributed by atoms with van der Waals surface area (Å²) in [4.78, 5) is 4.27. The fourth-order valence-electron chi connectivity index (χ4n) is 1.57. The van der Waals surface area contributed by atoms with Crippen molar-refractivity contribution in [2.24, 2.45) is 0 Å². The number of aryl methyl sites for hydroxylation is 2. The van der Waals surface area contributed by atoms with E-state index < -0.39 is 0 Å². The molecule has 0 unspecified atom stereocenters. The van der Waals surface area contributed by atoms with E-state index in [1.807, 2.05) is 18.5 Å². The summed E-state index contributed by atoms with van der Waals surface area (Å²) in [5.41, 5.74) is 3.43. The second-order valence-electron chi connectivity index (χ2n) is 5.32. The molecule has 0 bridgehead atoms. The van der Waals surface area contributed by atoms with Gasteiger partial charge in [0.25, 0.3) is 0 Å². The van der Waals surface area contributed by atoms with Crippen LogP contribution in [0, 0.1) is 20.8 Å². The number of unbranched alkanes of at least 4 members (excludes halogenated alkanes) is 1. The monoisotopic (exact) mass is 356 g/mol. The van der Waals surface area contributed by atoms with Crippen molar-refractivity contribution in [1.82, 2.24) is 19.9 Å². The van der Waals surface area contributed by atoms with Crippen molar-refractivity contribution >= 4 is 0 Å². The standard InChI is InChI=1S/C11H16N4O.C4H10.C2H6O.CH4O/c1-5-11-12-10(14-16-11)6-15-9(4)7(2)8(3)13-15;1-3-4-2;1-3-2;1-2/h5-6H2,1-4H3;3-4H2,1-2H3;1-2H3;2H,1H3. The van der Waals surface area contributed by atoms with Gasteiger partial charge in [-0.15, -0.1) is 0 Å². The van der Waals surface area contributed by atoms with E-state index in [0.29, 0.717) is 18.3 Å². The molecule has 2 rings (SSSR count). The van der Waals surface area contributed by atoms with Gasteiger partial charge >= 0.3 is 0 Å². The molecule has 7 heteroatoms. The molecule has 25 heavy (non-hydrogen) atoms. The van der Waals surface area contributed by atoms with E-state index in [2.05, 4.69) is 47.7 Å². The van der Waals surface area contributed by atoms with Crippen LogP contribution in [-0.2, 0) is 17.7 Å². The summed E-state index contributed by atoms with van der Waals surface area (Å²) in [6.45, 7) is 13.1. The highest BCUT2D eigenvalue weighted by Gasteiger charge is 2.10. The van der Waals surface area contributed by atoms with Crippen molar-refractivity contribution in [3.8, 4) is 0 Å². The third-order valence-corrected chi connectivity index (χ3v) is 3.35. The lowest BCUT2D eigenvalue weighted by atomic mass is 10.2. The third-order valence-electron chi connectivity index (χ3n) is 3.35. The van der Waals surface area contributed by atoms with Crippen molar-refractivity contribution < 1.29 is 14.4 Å². The molecule has 0 atom stereocenters. The van der Waals surface area contributed by atoms with E-state index in [9.17, 15) is 0 Å². The number of aromatic nitrogens is 4. The number of hydrogen-bond donors (Lipinski definition) is 1. The molecule has 0 radical (unpaired) electrons. The normalized spacial score (nSPS) is 9.20. The van der Waals surface area contributed by atoms with Gasteiger partial charge in [-0.25, -0.2) is 0 Å². The van der Waals surface area contributed by atoms with Gasteiger partial charge in [0.05, 0.1) is 5.69 Å². The molecule has 2 heterocycles. The molecular formula is C18H36N4O3. The van der Waals surface area contributed by atoms with Crippen LogP contribution in [0.5, 0.6) is 0 Å². The lowest BCUT2D eigenvalue weighted by molar-refractivity contribution is 0.277. The van der Waals surface area contributed by atoms with Crippen LogP contribution in [0.3, 0.4) is 0 Å². The van der Waals surface area contributed by atoms with E-state index in [1.165, 1.54) is 18.4 Å². The van der Waals surface area contributed by atoms with E-state index in [0.717, 1.165) is 24.9 Å². The zero-order valence-electron chi connectivity index (χ0n) is 17.4. The summed E-state index contributed by atoms with van der Waals surface area (Å²) in [6, 6.07) is 0. The van der Waals surface area contributed by atoms with Gasteiger partial charge in [0.15, 0.2) is 5.82 Å². The lowest BCUT2D eigenvalue weighted by Gasteiger charge is -1.99. The van der Waals surface area contributed by atoms with E-state index in [-0.39, 0.29) is 0 Å². The van der Waals surface area contributed by atoms with Crippen LogP contribution < -0.4 is 0 Å². The Morgan fingerprint density at radius 2 is 1.56 bits per heavy atom.